The molecular formula is C51H82O12S. The second-order valence-corrected chi connectivity index (χ2v) is 17.6. The van der Waals surface area contributed by atoms with Crippen molar-refractivity contribution in [2.75, 3.05) is 19.0 Å². The molecule has 0 aromatic carbocycles. The summed E-state index contributed by atoms with van der Waals surface area (Å²) < 4.78 is 54.0. The molecule has 64 heavy (non-hydrogen) atoms. The summed E-state index contributed by atoms with van der Waals surface area (Å²) in [7, 11) is -4.62. The minimum atomic E-state index is -4.62. The van der Waals surface area contributed by atoms with Crippen molar-refractivity contribution in [3.8, 4) is 0 Å². The van der Waals surface area contributed by atoms with Crippen LogP contribution in [-0.4, -0.2) is 96.0 Å². The molecule has 0 spiro atoms. The molecule has 0 bridgehead atoms. The van der Waals surface area contributed by atoms with Gasteiger partial charge in [-0.2, -0.15) is 8.42 Å². The van der Waals surface area contributed by atoms with Crippen LogP contribution in [0.3, 0.4) is 0 Å². The first-order valence-electron chi connectivity index (χ1n) is 23.8. The summed E-state index contributed by atoms with van der Waals surface area (Å²) in [6, 6.07) is 0. The van der Waals surface area contributed by atoms with Gasteiger partial charge in [-0.3, -0.25) is 14.1 Å². The van der Waals surface area contributed by atoms with Gasteiger partial charge in [0, 0.05) is 12.8 Å². The fourth-order valence-electron chi connectivity index (χ4n) is 6.44. The maximum absolute atomic E-state index is 12.8. The Morgan fingerprint density at radius 1 is 0.531 bits per heavy atom. The minimum Gasteiger partial charge on any atom is -0.462 e. The van der Waals surface area contributed by atoms with Gasteiger partial charge in [-0.25, -0.2) is 0 Å². The van der Waals surface area contributed by atoms with Crippen molar-refractivity contribution in [3.63, 3.8) is 0 Å². The van der Waals surface area contributed by atoms with E-state index in [-0.39, 0.29) is 19.4 Å². The maximum atomic E-state index is 12.8. The lowest BCUT2D eigenvalue weighted by molar-refractivity contribution is -0.297. The second-order valence-electron chi connectivity index (χ2n) is 16.1. The highest BCUT2D eigenvalue weighted by atomic mass is 32.2. The van der Waals surface area contributed by atoms with Crippen LogP contribution in [0.5, 0.6) is 0 Å². The number of rotatable bonds is 38. The summed E-state index contributed by atoms with van der Waals surface area (Å²) in [5, 5.41) is 30.9. The average molecular weight is 919 g/mol. The molecule has 1 rings (SSSR count). The lowest BCUT2D eigenvalue weighted by atomic mass is 10.00. The van der Waals surface area contributed by atoms with Gasteiger partial charge in [-0.1, -0.05) is 156 Å². The van der Waals surface area contributed by atoms with Crippen LogP contribution in [-0.2, 0) is 38.7 Å². The molecule has 1 aliphatic rings. The standard InChI is InChI=1S/C51H82O12S/c1-3-5-7-9-11-13-15-17-19-21-22-24-25-27-29-31-33-35-37-39-46(52)60-41-44(42-61-51-50(56)49(55)48(54)45(63-51)43-64(57,58)59)62-47(53)40-38-36-34-32-30-28-26-23-20-18-16-14-12-10-8-6-4-2/h11,13,17-20,22,24,26-29,32-35,44-45,48-51,54-56H,3-10,12,14-16,21,23,25,30-31,36-43H2,1-2H3,(H,57,58,59)/b13-11+,19-17+,20-18+,24-22+,28-26+,29-27+,34-32+,35-33+/t44-,45-,48-,49?,50?,51+/m1/s1. The normalized spacial score (nSPS) is 20.5. The van der Waals surface area contributed by atoms with E-state index in [2.05, 4.69) is 86.8 Å². The lowest BCUT2D eigenvalue weighted by Crippen LogP contribution is -2.60. The molecule has 12 nitrogen and oxygen atoms in total. The van der Waals surface area contributed by atoms with Gasteiger partial charge in [-0.15, -0.1) is 0 Å². The van der Waals surface area contributed by atoms with Crippen LogP contribution in [0.4, 0.5) is 0 Å². The van der Waals surface area contributed by atoms with Crippen molar-refractivity contribution in [1.82, 2.24) is 0 Å². The van der Waals surface area contributed by atoms with Crippen LogP contribution in [0.25, 0.3) is 0 Å². The third-order valence-corrected chi connectivity index (χ3v) is 10.9. The summed E-state index contributed by atoms with van der Waals surface area (Å²) in [5.41, 5.74) is 0. The molecule has 1 saturated heterocycles. The third-order valence-electron chi connectivity index (χ3n) is 10.1. The monoisotopic (exact) mass is 919 g/mol. The summed E-state index contributed by atoms with van der Waals surface area (Å²) in [4.78, 5) is 25.4. The zero-order chi connectivity index (χ0) is 46.9. The molecule has 4 N–H and O–H groups in total. The van der Waals surface area contributed by atoms with Crippen molar-refractivity contribution in [3.05, 3.63) is 97.2 Å². The number of unbranched alkanes of at least 4 members (excludes halogenated alkanes) is 10. The smallest absolute Gasteiger partial charge is 0.306 e. The van der Waals surface area contributed by atoms with Crippen LogP contribution in [0, 0.1) is 0 Å². The molecule has 0 saturated carbocycles. The first kappa shape index (κ1) is 58.6. The minimum absolute atomic E-state index is 0.0716. The van der Waals surface area contributed by atoms with E-state index in [4.69, 9.17) is 18.9 Å². The summed E-state index contributed by atoms with van der Waals surface area (Å²) >= 11 is 0. The highest BCUT2D eigenvalue weighted by Crippen LogP contribution is 2.24. The number of hydrogen-bond donors (Lipinski definition) is 4. The average Bonchev–Trinajstić information content (AvgIpc) is 3.26. The van der Waals surface area contributed by atoms with Crippen molar-refractivity contribution in [1.29, 1.82) is 0 Å². The van der Waals surface area contributed by atoms with Crippen molar-refractivity contribution in [2.24, 2.45) is 0 Å². The van der Waals surface area contributed by atoms with Gasteiger partial charge >= 0.3 is 11.9 Å². The predicted molar refractivity (Wildman–Crippen MR) is 256 cm³/mol. The Kier molecular flexibility index (Phi) is 36.5. The van der Waals surface area contributed by atoms with E-state index in [0.29, 0.717) is 19.3 Å². The topological polar surface area (TPSA) is 186 Å². The van der Waals surface area contributed by atoms with Gasteiger partial charge in [0.15, 0.2) is 12.4 Å². The Balaban J connectivity index is 2.53. The molecule has 364 valence electrons. The maximum Gasteiger partial charge on any atom is 0.306 e. The molecule has 1 fully saturated rings. The Bertz CT molecular complexity index is 1540. The Morgan fingerprint density at radius 3 is 1.48 bits per heavy atom. The molecule has 0 aliphatic carbocycles. The molecule has 0 aromatic rings. The van der Waals surface area contributed by atoms with Crippen molar-refractivity contribution in [2.45, 2.75) is 192 Å². The van der Waals surface area contributed by atoms with Crippen LogP contribution in [0.15, 0.2) is 97.2 Å². The first-order chi connectivity index (χ1) is 31.0. The molecule has 0 amide bonds. The van der Waals surface area contributed by atoms with Gasteiger partial charge in [0.25, 0.3) is 10.1 Å². The number of aliphatic hydroxyl groups excluding tert-OH is 3. The van der Waals surface area contributed by atoms with Gasteiger partial charge in [-0.05, 0) is 83.5 Å². The third kappa shape index (κ3) is 34.0. The van der Waals surface area contributed by atoms with Gasteiger partial charge < -0.3 is 34.3 Å². The quantitative estimate of drug-likeness (QED) is 0.0199. The summed E-state index contributed by atoms with van der Waals surface area (Å²) in [6.45, 7) is 3.61. The SMILES string of the molecule is CCCCC/C=C/C/C=C/C/C=C/C/C=C/C/C=C/CCC(=O)OC[C@H](CO[C@H]1O[C@H](CS(=O)(=O)O)[C@@H](O)C(O)C1O)OC(=O)CCC/C=C/C/C=C/C/C=C/CCCCCCCC. The molecule has 0 radical (unpaired) electrons. The fourth-order valence-corrected chi connectivity index (χ4v) is 7.13. The number of hydrogen-bond acceptors (Lipinski definition) is 11. The highest BCUT2D eigenvalue weighted by molar-refractivity contribution is 7.85. The molecule has 2 unspecified atom stereocenters. The van der Waals surface area contributed by atoms with Crippen molar-refractivity contribution < 1.29 is 56.8 Å². The van der Waals surface area contributed by atoms with E-state index in [1.807, 2.05) is 24.3 Å². The summed E-state index contributed by atoms with van der Waals surface area (Å²) in [5.74, 6) is -2.17. The molecule has 1 heterocycles. The van der Waals surface area contributed by atoms with Crippen molar-refractivity contribution >= 4 is 22.1 Å². The number of aliphatic hydroxyl groups is 3. The van der Waals surface area contributed by atoms with Crippen LogP contribution >= 0.6 is 0 Å². The first-order valence-corrected chi connectivity index (χ1v) is 25.4. The summed E-state index contributed by atoms with van der Waals surface area (Å²) in [6.07, 6.45) is 44.7. The number of carbonyl (C=O) groups excluding carboxylic acids is 2. The Hall–Kier alpha value is -3.43. The van der Waals surface area contributed by atoms with E-state index < -0.39 is 71.2 Å². The van der Waals surface area contributed by atoms with Crippen LogP contribution in [0.1, 0.15) is 155 Å². The lowest BCUT2D eigenvalue weighted by Gasteiger charge is -2.40. The van der Waals surface area contributed by atoms with Crippen LogP contribution < -0.4 is 0 Å². The molecular weight excluding hydrogens is 837 g/mol. The van der Waals surface area contributed by atoms with Gasteiger partial charge in [0.2, 0.25) is 0 Å². The number of esters is 2. The number of allylic oxidation sites excluding steroid dienone is 16. The second kappa shape index (κ2) is 39.9. The van der Waals surface area contributed by atoms with Gasteiger partial charge in [0.1, 0.15) is 36.8 Å². The van der Waals surface area contributed by atoms with E-state index in [9.17, 15) is 37.9 Å². The Labute approximate surface area is 385 Å². The van der Waals surface area contributed by atoms with Crippen LogP contribution in [0.2, 0.25) is 0 Å². The number of carbonyl (C=O) groups is 2. The van der Waals surface area contributed by atoms with E-state index >= 15 is 0 Å². The molecule has 0 aromatic heterocycles. The van der Waals surface area contributed by atoms with E-state index in [1.54, 1.807) is 0 Å². The zero-order valence-corrected chi connectivity index (χ0v) is 39.7. The molecule has 1 aliphatic heterocycles. The predicted octanol–water partition coefficient (Wildman–Crippen LogP) is 10.2. The fraction of sp³-hybridized carbons (Fsp3) is 0.647. The Morgan fingerprint density at radius 2 is 0.969 bits per heavy atom. The zero-order valence-electron chi connectivity index (χ0n) is 38.8. The van der Waals surface area contributed by atoms with Gasteiger partial charge in [0.05, 0.1) is 6.61 Å². The van der Waals surface area contributed by atoms with E-state index in [0.717, 1.165) is 51.4 Å². The number of ether oxygens (including phenoxy) is 4. The van der Waals surface area contributed by atoms with E-state index in [1.165, 1.54) is 57.8 Å². The largest absolute Gasteiger partial charge is 0.462 e. The molecule has 6 atom stereocenters. The highest BCUT2D eigenvalue weighted by Gasteiger charge is 2.46. The molecule has 13 heteroatoms.